The van der Waals surface area contributed by atoms with Crippen molar-refractivity contribution in [2.45, 2.75) is 30.1 Å². The summed E-state index contributed by atoms with van der Waals surface area (Å²) in [6.45, 7) is 0. The molecule has 1 aromatic rings. The van der Waals surface area contributed by atoms with Gasteiger partial charge >= 0.3 is 5.97 Å². The average Bonchev–Trinajstić information content (AvgIpc) is 3.10. The molecule has 0 saturated heterocycles. The minimum absolute atomic E-state index is 0.0385. The molecular weight excluding hydrogens is 304 g/mol. The summed E-state index contributed by atoms with van der Waals surface area (Å²) >= 11 is 1.86. The van der Waals surface area contributed by atoms with Crippen molar-refractivity contribution in [3.8, 4) is 0 Å². The number of methoxy groups -OCH3 is 1. The zero-order valence-corrected chi connectivity index (χ0v) is 13.8. The SMILES string of the molecule is COC(=O)CC1(CS(=O)CC2CSc3ccccc32)CC1. The summed E-state index contributed by atoms with van der Waals surface area (Å²) in [7, 11) is 0.555. The van der Waals surface area contributed by atoms with Crippen LogP contribution in [0.5, 0.6) is 0 Å². The van der Waals surface area contributed by atoms with Gasteiger partial charge in [-0.15, -0.1) is 11.8 Å². The first-order chi connectivity index (χ1) is 10.1. The summed E-state index contributed by atoms with van der Waals surface area (Å²) in [5.74, 6) is 2.60. The smallest absolute Gasteiger partial charge is 0.306 e. The van der Waals surface area contributed by atoms with Crippen molar-refractivity contribution in [2.24, 2.45) is 5.41 Å². The molecule has 1 fully saturated rings. The van der Waals surface area contributed by atoms with Gasteiger partial charge in [0.25, 0.3) is 0 Å². The number of esters is 1. The molecule has 1 heterocycles. The van der Waals surface area contributed by atoms with Crippen LogP contribution in [0.15, 0.2) is 29.2 Å². The largest absolute Gasteiger partial charge is 0.469 e. The molecule has 21 heavy (non-hydrogen) atoms. The number of hydrogen-bond donors (Lipinski definition) is 0. The number of carbonyl (C=O) groups is 1. The van der Waals surface area contributed by atoms with Crippen LogP contribution in [0.1, 0.15) is 30.7 Å². The second kappa shape index (κ2) is 6.13. The molecule has 5 heteroatoms. The number of fused-ring (bicyclic) bond motifs is 1. The van der Waals surface area contributed by atoms with Crippen molar-refractivity contribution in [3.05, 3.63) is 29.8 Å². The number of rotatable bonds is 6. The molecule has 2 aliphatic rings. The molecule has 114 valence electrons. The molecule has 2 unspecified atom stereocenters. The molecule has 0 N–H and O–H groups in total. The van der Waals surface area contributed by atoms with Crippen LogP contribution in [-0.4, -0.2) is 34.5 Å². The second-order valence-corrected chi connectivity index (χ2v) is 8.61. The Hall–Kier alpha value is -0.810. The molecule has 0 aromatic heterocycles. The molecule has 3 nitrogen and oxygen atoms in total. The zero-order valence-electron chi connectivity index (χ0n) is 12.2. The van der Waals surface area contributed by atoms with E-state index in [1.165, 1.54) is 17.6 Å². The first-order valence-electron chi connectivity index (χ1n) is 7.25. The van der Waals surface area contributed by atoms with Gasteiger partial charge in [-0.05, 0) is 29.9 Å². The third kappa shape index (κ3) is 3.51. The van der Waals surface area contributed by atoms with E-state index in [0.717, 1.165) is 18.6 Å². The van der Waals surface area contributed by atoms with Crippen LogP contribution >= 0.6 is 11.8 Å². The van der Waals surface area contributed by atoms with Gasteiger partial charge in [-0.1, -0.05) is 18.2 Å². The van der Waals surface area contributed by atoms with Crippen molar-refractivity contribution < 1.29 is 13.7 Å². The van der Waals surface area contributed by atoms with E-state index in [4.69, 9.17) is 4.74 Å². The molecule has 0 bridgehead atoms. The Labute approximate surface area is 132 Å². The van der Waals surface area contributed by atoms with E-state index in [0.29, 0.717) is 23.8 Å². The molecule has 3 rings (SSSR count). The Morgan fingerprint density at radius 3 is 2.90 bits per heavy atom. The van der Waals surface area contributed by atoms with E-state index >= 15 is 0 Å². The minimum Gasteiger partial charge on any atom is -0.469 e. The van der Waals surface area contributed by atoms with E-state index in [2.05, 4.69) is 24.3 Å². The summed E-state index contributed by atoms with van der Waals surface area (Å²) in [5, 5.41) is 0. The summed E-state index contributed by atoms with van der Waals surface area (Å²) in [5.41, 5.74) is 1.30. The summed E-state index contributed by atoms with van der Waals surface area (Å²) < 4.78 is 17.2. The molecule has 2 atom stereocenters. The van der Waals surface area contributed by atoms with Crippen molar-refractivity contribution in [1.29, 1.82) is 0 Å². The summed E-state index contributed by atoms with van der Waals surface area (Å²) in [4.78, 5) is 12.8. The average molecular weight is 324 g/mol. The third-order valence-electron chi connectivity index (χ3n) is 4.36. The van der Waals surface area contributed by atoms with Gasteiger partial charge in [0.2, 0.25) is 0 Å². The van der Waals surface area contributed by atoms with E-state index in [1.54, 1.807) is 0 Å². The molecule has 1 aliphatic heterocycles. The van der Waals surface area contributed by atoms with Crippen molar-refractivity contribution in [1.82, 2.24) is 0 Å². The number of benzene rings is 1. The lowest BCUT2D eigenvalue weighted by Crippen LogP contribution is -2.21. The maximum atomic E-state index is 12.5. The lowest BCUT2D eigenvalue weighted by Gasteiger charge is -2.15. The maximum absolute atomic E-state index is 12.5. The molecule has 0 radical (unpaired) electrons. The van der Waals surface area contributed by atoms with Crippen molar-refractivity contribution in [3.63, 3.8) is 0 Å². The first kappa shape index (κ1) is 15.1. The highest BCUT2D eigenvalue weighted by molar-refractivity contribution is 7.99. The molecule has 1 aromatic carbocycles. The summed E-state index contributed by atoms with van der Waals surface area (Å²) in [6.07, 6.45) is 2.43. The predicted molar refractivity (Wildman–Crippen MR) is 86.1 cm³/mol. The van der Waals surface area contributed by atoms with E-state index in [1.807, 2.05) is 11.8 Å². The lowest BCUT2D eigenvalue weighted by molar-refractivity contribution is -0.141. The molecule has 0 amide bonds. The molecule has 1 aliphatic carbocycles. The van der Waals surface area contributed by atoms with Crippen LogP contribution in [0.3, 0.4) is 0 Å². The quantitative estimate of drug-likeness (QED) is 0.755. The summed E-state index contributed by atoms with van der Waals surface area (Å²) in [6, 6.07) is 8.40. The standard InChI is InChI=1S/C16H20O3S2/c1-19-15(17)8-16(6-7-16)11-21(18)10-12-9-20-14-5-3-2-4-13(12)14/h2-5,12H,6-11H2,1H3. The number of thioether (sulfide) groups is 1. The van der Waals surface area contributed by atoms with Crippen LogP contribution in [0.4, 0.5) is 0 Å². The zero-order chi connectivity index (χ0) is 14.9. The fraction of sp³-hybridized carbons (Fsp3) is 0.562. The van der Waals surface area contributed by atoms with Crippen LogP contribution < -0.4 is 0 Å². The molecule has 1 saturated carbocycles. The van der Waals surface area contributed by atoms with Gasteiger partial charge in [0.15, 0.2) is 0 Å². The van der Waals surface area contributed by atoms with Gasteiger partial charge in [0.05, 0.1) is 13.5 Å². The Bertz CT molecular complexity index is 566. The number of carbonyl (C=O) groups excluding carboxylic acids is 1. The van der Waals surface area contributed by atoms with E-state index in [-0.39, 0.29) is 11.4 Å². The topological polar surface area (TPSA) is 43.4 Å². The van der Waals surface area contributed by atoms with Gasteiger partial charge in [0, 0.05) is 38.9 Å². The van der Waals surface area contributed by atoms with Crippen molar-refractivity contribution in [2.75, 3.05) is 24.4 Å². The first-order valence-corrected chi connectivity index (χ1v) is 9.73. The van der Waals surface area contributed by atoms with Gasteiger partial charge in [0.1, 0.15) is 0 Å². The highest BCUT2D eigenvalue weighted by atomic mass is 32.2. The fourth-order valence-corrected chi connectivity index (χ4v) is 6.26. The van der Waals surface area contributed by atoms with Gasteiger partial charge in [-0.2, -0.15) is 0 Å². The number of hydrogen-bond acceptors (Lipinski definition) is 4. The predicted octanol–water partition coefficient (Wildman–Crippen LogP) is 2.97. The minimum atomic E-state index is -0.864. The monoisotopic (exact) mass is 324 g/mol. The van der Waals surface area contributed by atoms with Crippen LogP contribution in [0, 0.1) is 5.41 Å². The highest BCUT2D eigenvalue weighted by Gasteiger charge is 2.46. The Balaban J connectivity index is 1.57. The Morgan fingerprint density at radius 1 is 1.43 bits per heavy atom. The third-order valence-corrected chi connectivity index (χ3v) is 7.32. The highest BCUT2D eigenvalue weighted by Crippen LogP contribution is 2.50. The Morgan fingerprint density at radius 2 is 2.19 bits per heavy atom. The fourth-order valence-electron chi connectivity index (χ4n) is 2.92. The van der Waals surface area contributed by atoms with Gasteiger partial charge < -0.3 is 4.74 Å². The normalized spacial score (nSPS) is 23.4. The number of ether oxygens (including phenoxy) is 1. The van der Waals surface area contributed by atoms with Crippen LogP contribution in [-0.2, 0) is 20.3 Å². The van der Waals surface area contributed by atoms with Crippen LogP contribution in [0.25, 0.3) is 0 Å². The lowest BCUT2D eigenvalue weighted by atomic mass is 10.0. The van der Waals surface area contributed by atoms with Gasteiger partial charge in [-0.25, -0.2) is 0 Å². The molecular formula is C16H20O3S2. The second-order valence-electron chi connectivity index (χ2n) is 6.05. The molecule has 0 spiro atoms. The van der Waals surface area contributed by atoms with E-state index in [9.17, 15) is 9.00 Å². The Kier molecular flexibility index (Phi) is 4.41. The maximum Gasteiger partial charge on any atom is 0.306 e. The van der Waals surface area contributed by atoms with Crippen molar-refractivity contribution >= 4 is 28.5 Å². The van der Waals surface area contributed by atoms with E-state index < -0.39 is 10.8 Å². The van der Waals surface area contributed by atoms with Gasteiger partial charge in [-0.3, -0.25) is 9.00 Å². The van der Waals surface area contributed by atoms with Crippen LogP contribution in [0.2, 0.25) is 0 Å².